The highest BCUT2D eigenvalue weighted by Crippen LogP contribution is 2.37. The predicted molar refractivity (Wildman–Crippen MR) is 114 cm³/mol. The zero-order valence-corrected chi connectivity index (χ0v) is 17.8. The van der Waals surface area contributed by atoms with Gasteiger partial charge >= 0.3 is 6.18 Å². The molecule has 9 heteroatoms. The second-order valence-electron chi connectivity index (χ2n) is 7.20. The summed E-state index contributed by atoms with van der Waals surface area (Å²) in [4.78, 5) is 8.52. The molecule has 1 aromatic heterocycles. The quantitative estimate of drug-likeness (QED) is 0.385. The predicted octanol–water partition coefficient (Wildman–Crippen LogP) is 5.82. The number of fused-ring (bicyclic) bond motifs is 1. The molecule has 0 atom stereocenters. The first-order valence-electron chi connectivity index (χ1n) is 9.45. The van der Waals surface area contributed by atoms with E-state index in [9.17, 15) is 21.6 Å². The molecule has 0 aliphatic heterocycles. The van der Waals surface area contributed by atoms with Gasteiger partial charge in [-0.2, -0.15) is 13.2 Å². The van der Waals surface area contributed by atoms with Crippen LogP contribution in [0.5, 0.6) is 11.5 Å². The van der Waals surface area contributed by atoms with Crippen LogP contribution in [-0.4, -0.2) is 24.6 Å². The van der Waals surface area contributed by atoms with Gasteiger partial charge in [-0.15, -0.1) is 0 Å². The Hall–Kier alpha value is -3.46. The molecular weight excluding hydrogens is 441 g/mol. The molecular formula is C23H17F3N2O3S. The fraction of sp³-hybridized carbons (Fsp3) is 0.130. The summed E-state index contributed by atoms with van der Waals surface area (Å²) < 4.78 is 69.8. The SMILES string of the molecule is Cc1nc(-c2cccc(Oc3cccc(S(C)(=O)=O)c3)c2)c2cccc(C(F)(F)F)c2n1. The molecule has 0 spiro atoms. The van der Waals surface area contributed by atoms with Crippen molar-refractivity contribution >= 4 is 20.7 Å². The van der Waals surface area contributed by atoms with Crippen molar-refractivity contribution in [2.24, 2.45) is 0 Å². The molecule has 4 aromatic rings. The van der Waals surface area contributed by atoms with Crippen molar-refractivity contribution < 1.29 is 26.3 Å². The minimum atomic E-state index is -4.55. The number of ether oxygens (including phenoxy) is 1. The Morgan fingerprint density at radius 2 is 1.53 bits per heavy atom. The highest BCUT2D eigenvalue weighted by Gasteiger charge is 2.33. The summed E-state index contributed by atoms with van der Waals surface area (Å²) in [5.41, 5.74) is -0.119. The van der Waals surface area contributed by atoms with Gasteiger partial charge in [0.2, 0.25) is 0 Å². The first kappa shape index (κ1) is 21.8. The van der Waals surface area contributed by atoms with Gasteiger partial charge in [-0.25, -0.2) is 18.4 Å². The first-order valence-corrected chi connectivity index (χ1v) is 11.3. The van der Waals surface area contributed by atoms with Crippen LogP contribution in [0, 0.1) is 6.92 Å². The van der Waals surface area contributed by atoms with Gasteiger partial charge in [-0.1, -0.05) is 30.3 Å². The lowest BCUT2D eigenvalue weighted by molar-refractivity contribution is -0.136. The van der Waals surface area contributed by atoms with E-state index in [1.54, 1.807) is 42.5 Å². The molecule has 0 bridgehead atoms. The lowest BCUT2D eigenvalue weighted by Crippen LogP contribution is -2.08. The summed E-state index contributed by atoms with van der Waals surface area (Å²) >= 11 is 0. The summed E-state index contributed by atoms with van der Waals surface area (Å²) in [6, 6.07) is 16.6. The zero-order valence-electron chi connectivity index (χ0n) is 17.0. The van der Waals surface area contributed by atoms with Crippen molar-refractivity contribution in [2.75, 3.05) is 6.26 Å². The van der Waals surface area contributed by atoms with Crippen LogP contribution in [0.15, 0.2) is 71.6 Å². The lowest BCUT2D eigenvalue weighted by Gasteiger charge is -2.13. The summed E-state index contributed by atoms with van der Waals surface area (Å²) in [5.74, 6) is 0.897. The maximum Gasteiger partial charge on any atom is 0.418 e. The van der Waals surface area contributed by atoms with Crippen LogP contribution >= 0.6 is 0 Å². The number of para-hydroxylation sites is 1. The molecule has 32 heavy (non-hydrogen) atoms. The monoisotopic (exact) mass is 458 g/mol. The van der Waals surface area contributed by atoms with E-state index in [2.05, 4.69) is 9.97 Å². The Morgan fingerprint density at radius 1 is 0.875 bits per heavy atom. The van der Waals surface area contributed by atoms with E-state index in [1.165, 1.54) is 25.1 Å². The van der Waals surface area contributed by atoms with Crippen LogP contribution in [0.3, 0.4) is 0 Å². The molecule has 1 heterocycles. The molecule has 0 radical (unpaired) electrons. The topological polar surface area (TPSA) is 69.2 Å². The van der Waals surface area contributed by atoms with Crippen molar-refractivity contribution in [1.29, 1.82) is 0 Å². The van der Waals surface area contributed by atoms with Gasteiger partial charge in [-0.3, -0.25) is 0 Å². The number of aromatic nitrogens is 2. The molecule has 5 nitrogen and oxygen atoms in total. The standard InChI is InChI=1S/C23H17F3N2O3S/c1-14-27-21(19-10-5-11-20(22(19)28-14)23(24,25)26)15-6-3-7-16(12-15)31-17-8-4-9-18(13-17)32(2,29)30/h3-13H,1-2H3. The molecule has 0 N–H and O–H groups in total. The minimum Gasteiger partial charge on any atom is -0.457 e. The van der Waals surface area contributed by atoms with E-state index in [4.69, 9.17) is 4.74 Å². The van der Waals surface area contributed by atoms with Crippen LogP contribution in [0.4, 0.5) is 13.2 Å². The van der Waals surface area contributed by atoms with Crippen LogP contribution in [-0.2, 0) is 16.0 Å². The number of aryl methyl sites for hydroxylation is 1. The van der Waals surface area contributed by atoms with Crippen LogP contribution in [0.1, 0.15) is 11.4 Å². The zero-order chi connectivity index (χ0) is 23.1. The molecule has 3 aromatic carbocycles. The molecule has 164 valence electrons. The molecule has 0 fully saturated rings. The van der Waals surface area contributed by atoms with E-state index < -0.39 is 21.6 Å². The van der Waals surface area contributed by atoms with Crippen molar-refractivity contribution in [3.05, 3.63) is 78.1 Å². The highest BCUT2D eigenvalue weighted by molar-refractivity contribution is 7.90. The second kappa shape index (κ2) is 7.90. The molecule has 0 aliphatic carbocycles. The number of benzene rings is 3. The third kappa shape index (κ3) is 4.43. The van der Waals surface area contributed by atoms with Gasteiger partial charge in [0.05, 0.1) is 21.7 Å². The molecule has 4 rings (SSSR count). The van der Waals surface area contributed by atoms with E-state index in [-0.39, 0.29) is 21.6 Å². The minimum absolute atomic E-state index is 0.114. The third-order valence-electron chi connectivity index (χ3n) is 4.72. The van der Waals surface area contributed by atoms with Gasteiger partial charge in [0.25, 0.3) is 0 Å². The number of nitrogens with zero attached hydrogens (tertiary/aromatic N) is 2. The van der Waals surface area contributed by atoms with Crippen molar-refractivity contribution in [3.63, 3.8) is 0 Å². The Kier molecular flexibility index (Phi) is 5.37. The number of alkyl halides is 3. The molecule has 0 saturated heterocycles. The fourth-order valence-corrected chi connectivity index (χ4v) is 3.98. The van der Waals surface area contributed by atoms with Gasteiger partial charge in [0, 0.05) is 17.2 Å². The molecule has 0 amide bonds. The largest absolute Gasteiger partial charge is 0.457 e. The Bertz CT molecular complexity index is 1430. The summed E-state index contributed by atoms with van der Waals surface area (Å²) in [6.45, 7) is 1.53. The number of hydrogen-bond donors (Lipinski definition) is 0. The lowest BCUT2D eigenvalue weighted by atomic mass is 10.0. The van der Waals surface area contributed by atoms with E-state index in [0.717, 1.165) is 12.3 Å². The van der Waals surface area contributed by atoms with Crippen molar-refractivity contribution in [2.45, 2.75) is 18.0 Å². The maximum absolute atomic E-state index is 13.5. The van der Waals surface area contributed by atoms with Gasteiger partial charge in [0.1, 0.15) is 17.3 Å². The van der Waals surface area contributed by atoms with Crippen molar-refractivity contribution in [3.8, 4) is 22.8 Å². The third-order valence-corrected chi connectivity index (χ3v) is 5.83. The van der Waals surface area contributed by atoms with E-state index in [1.807, 2.05) is 0 Å². The van der Waals surface area contributed by atoms with Gasteiger partial charge in [-0.05, 0) is 43.3 Å². The molecule has 0 aliphatic rings. The second-order valence-corrected chi connectivity index (χ2v) is 9.21. The average molecular weight is 458 g/mol. The van der Waals surface area contributed by atoms with E-state index in [0.29, 0.717) is 22.8 Å². The Morgan fingerprint density at radius 3 is 2.22 bits per heavy atom. The summed E-state index contributed by atoms with van der Waals surface area (Å²) in [5, 5.41) is 0.265. The van der Waals surface area contributed by atoms with Crippen LogP contribution in [0.2, 0.25) is 0 Å². The number of hydrogen-bond acceptors (Lipinski definition) is 5. The normalized spacial score (nSPS) is 12.2. The molecule has 0 saturated carbocycles. The first-order chi connectivity index (χ1) is 15.0. The molecule has 0 unspecified atom stereocenters. The highest BCUT2D eigenvalue weighted by atomic mass is 32.2. The van der Waals surface area contributed by atoms with Gasteiger partial charge < -0.3 is 4.74 Å². The maximum atomic E-state index is 13.5. The van der Waals surface area contributed by atoms with Crippen LogP contribution < -0.4 is 4.74 Å². The summed E-state index contributed by atoms with van der Waals surface area (Å²) in [7, 11) is -3.40. The Balaban J connectivity index is 1.79. The smallest absolute Gasteiger partial charge is 0.418 e. The number of sulfone groups is 1. The van der Waals surface area contributed by atoms with E-state index >= 15 is 0 Å². The van der Waals surface area contributed by atoms with Gasteiger partial charge in [0.15, 0.2) is 9.84 Å². The Labute approximate surface area is 182 Å². The van der Waals surface area contributed by atoms with Crippen LogP contribution in [0.25, 0.3) is 22.2 Å². The average Bonchev–Trinajstić information content (AvgIpc) is 2.72. The summed E-state index contributed by atoms with van der Waals surface area (Å²) in [6.07, 6.45) is -3.45. The number of halogens is 3. The fourth-order valence-electron chi connectivity index (χ4n) is 3.32. The number of rotatable bonds is 4. The van der Waals surface area contributed by atoms with Crippen molar-refractivity contribution in [1.82, 2.24) is 9.97 Å².